The minimum atomic E-state index is -0.674. The van der Waals surface area contributed by atoms with Crippen LogP contribution < -0.4 is 15.8 Å². The molecule has 9 heteroatoms. The predicted octanol–water partition coefficient (Wildman–Crippen LogP) is 5.22. The smallest absolute Gasteiger partial charge is 0.379 e. The summed E-state index contributed by atoms with van der Waals surface area (Å²) in [5.74, 6) is -0.754. The molecule has 0 fully saturated rings. The average molecular weight is 540 g/mol. The number of benzene rings is 3. The maximum atomic E-state index is 12.6. The first-order valence-corrected chi connectivity index (χ1v) is 12.5. The number of amidine groups is 1. The first kappa shape index (κ1) is 27.8. The van der Waals surface area contributed by atoms with Gasteiger partial charge in [0.05, 0.1) is 6.54 Å². The largest absolute Gasteiger partial charge is 0.457 e. The van der Waals surface area contributed by atoms with Crippen molar-refractivity contribution in [3.8, 4) is 5.75 Å². The number of carbonyl (C=O) groups is 3. The maximum Gasteiger partial charge on any atom is 0.379 e. The predicted molar refractivity (Wildman–Crippen MR) is 151 cm³/mol. The highest BCUT2D eigenvalue weighted by molar-refractivity contribution is 5.99. The van der Waals surface area contributed by atoms with Crippen LogP contribution >= 0.6 is 0 Å². The molecule has 0 spiro atoms. The first-order chi connectivity index (χ1) is 19.0. The summed E-state index contributed by atoms with van der Waals surface area (Å²) in [5, 5.41) is 12.0. The fourth-order valence-corrected chi connectivity index (χ4v) is 3.71. The molecule has 40 heavy (non-hydrogen) atoms. The minimum Gasteiger partial charge on any atom is -0.457 e. The third-order valence-corrected chi connectivity index (χ3v) is 5.61. The Morgan fingerprint density at radius 3 is 2.30 bits per heavy atom. The number of esters is 2. The highest BCUT2D eigenvalue weighted by atomic mass is 16.6. The van der Waals surface area contributed by atoms with Crippen LogP contribution in [0, 0.1) is 5.41 Å². The monoisotopic (exact) mass is 539 g/mol. The van der Waals surface area contributed by atoms with Crippen LogP contribution in [-0.4, -0.2) is 29.3 Å². The van der Waals surface area contributed by atoms with Gasteiger partial charge in [-0.05, 0) is 85.6 Å². The summed E-state index contributed by atoms with van der Waals surface area (Å²) in [4.78, 5) is 36.9. The van der Waals surface area contributed by atoms with E-state index in [1.807, 2.05) is 0 Å². The van der Waals surface area contributed by atoms with Crippen molar-refractivity contribution < 1.29 is 28.3 Å². The van der Waals surface area contributed by atoms with Gasteiger partial charge in [-0.1, -0.05) is 30.3 Å². The zero-order valence-electron chi connectivity index (χ0n) is 22.3. The maximum absolute atomic E-state index is 12.6. The van der Waals surface area contributed by atoms with Gasteiger partial charge in [-0.15, -0.1) is 0 Å². The van der Waals surface area contributed by atoms with E-state index in [4.69, 9.17) is 25.0 Å². The first-order valence-electron chi connectivity index (χ1n) is 12.5. The molecule has 4 rings (SSSR count). The van der Waals surface area contributed by atoms with Crippen LogP contribution in [0.3, 0.4) is 0 Å². The van der Waals surface area contributed by atoms with E-state index in [0.717, 1.165) is 16.3 Å². The Hall–Kier alpha value is -5.18. The van der Waals surface area contributed by atoms with Crippen molar-refractivity contribution in [2.45, 2.75) is 32.9 Å². The Morgan fingerprint density at radius 1 is 0.925 bits per heavy atom. The fourth-order valence-electron chi connectivity index (χ4n) is 3.71. The van der Waals surface area contributed by atoms with E-state index in [-0.39, 0.29) is 24.0 Å². The van der Waals surface area contributed by atoms with E-state index < -0.39 is 17.5 Å². The quantitative estimate of drug-likeness (QED) is 0.0915. The molecule has 0 saturated heterocycles. The van der Waals surface area contributed by atoms with Crippen LogP contribution in [0.1, 0.15) is 58.6 Å². The number of ether oxygens (including phenoxy) is 2. The van der Waals surface area contributed by atoms with Gasteiger partial charge in [0.15, 0.2) is 0 Å². The number of hydrogen-bond donors (Lipinski definition) is 3. The summed E-state index contributed by atoms with van der Waals surface area (Å²) in [6.07, 6.45) is 2.95. The Kier molecular flexibility index (Phi) is 8.14. The second-order valence-corrected chi connectivity index (χ2v) is 9.96. The van der Waals surface area contributed by atoms with Crippen molar-refractivity contribution in [3.05, 3.63) is 107 Å². The topological polar surface area (TPSA) is 145 Å². The van der Waals surface area contributed by atoms with Crippen molar-refractivity contribution in [2.75, 3.05) is 0 Å². The van der Waals surface area contributed by atoms with Crippen LogP contribution in [-0.2, 0) is 16.1 Å². The standard InChI is InChI=1S/C31H29N3O6/c1-31(2,3)40-27(35)15-6-19-4-7-20(8-5-19)29(36)34-18-25-13-14-26(38-25)30(37)39-24-12-11-21-16-23(28(32)33)10-9-22(21)17-24/h4-17H,18H2,1-3H3,(H3,32,33)(H,34,36). The van der Waals surface area contributed by atoms with Crippen molar-refractivity contribution in [2.24, 2.45) is 5.73 Å². The van der Waals surface area contributed by atoms with Crippen LogP contribution in [0.25, 0.3) is 16.8 Å². The van der Waals surface area contributed by atoms with Gasteiger partial charge in [0, 0.05) is 17.2 Å². The molecule has 0 atom stereocenters. The number of nitrogen functional groups attached to an aromatic ring is 1. The van der Waals surface area contributed by atoms with Gasteiger partial charge >= 0.3 is 11.9 Å². The second-order valence-electron chi connectivity index (χ2n) is 9.96. The lowest BCUT2D eigenvalue weighted by molar-refractivity contribution is -0.148. The van der Waals surface area contributed by atoms with Gasteiger partial charge in [-0.2, -0.15) is 0 Å². The zero-order chi connectivity index (χ0) is 28.9. The van der Waals surface area contributed by atoms with E-state index in [9.17, 15) is 14.4 Å². The molecule has 0 unspecified atom stereocenters. The Balaban J connectivity index is 1.30. The minimum absolute atomic E-state index is 0.00241. The molecule has 1 aromatic heterocycles. The highest BCUT2D eigenvalue weighted by Gasteiger charge is 2.16. The van der Waals surface area contributed by atoms with Gasteiger partial charge in [0.1, 0.15) is 22.9 Å². The number of nitrogens with two attached hydrogens (primary N) is 1. The van der Waals surface area contributed by atoms with Gasteiger partial charge in [-0.3, -0.25) is 10.2 Å². The van der Waals surface area contributed by atoms with Gasteiger partial charge in [0.2, 0.25) is 5.76 Å². The molecular weight excluding hydrogens is 510 g/mol. The molecule has 1 amide bonds. The van der Waals surface area contributed by atoms with Gasteiger partial charge in [-0.25, -0.2) is 9.59 Å². The van der Waals surface area contributed by atoms with E-state index in [1.54, 1.807) is 93.6 Å². The van der Waals surface area contributed by atoms with E-state index >= 15 is 0 Å². The molecule has 3 aromatic carbocycles. The van der Waals surface area contributed by atoms with Crippen LogP contribution in [0.15, 0.2) is 83.3 Å². The summed E-state index contributed by atoms with van der Waals surface area (Å²) in [5.41, 5.74) is 6.74. The lowest BCUT2D eigenvalue weighted by atomic mass is 10.1. The Labute approximate surface area is 231 Å². The summed E-state index contributed by atoms with van der Waals surface area (Å²) in [6.45, 7) is 5.45. The number of fused-ring (bicyclic) bond motifs is 1. The zero-order valence-corrected chi connectivity index (χ0v) is 22.3. The third-order valence-electron chi connectivity index (χ3n) is 5.61. The number of nitrogens with one attached hydrogen (secondary N) is 2. The van der Waals surface area contributed by atoms with Crippen molar-refractivity contribution in [1.29, 1.82) is 5.41 Å². The van der Waals surface area contributed by atoms with Gasteiger partial charge < -0.3 is 24.9 Å². The van der Waals surface area contributed by atoms with E-state index in [1.165, 1.54) is 12.1 Å². The van der Waals surface area contributed by atoms with Crippen LogP contribution in [0.2, 0.25) is 0 Å². The highest BCUT2D eigenvalue weighted by Crippen LogP contribution is 2.23. The summed E-state index contributed by atoms with van der Waals surface area (Å²) in [6, 6.07) is 20.2. The number of furan rings is 1. The number of rotatable bonds is 8. The number of hydrogen-bond acceptors (Lipinski definition) is 7. The molecule has 4 N–H and O–H groups in total. The van der Waals surface area contributed by atoms with Crippen molar-refractivity contribution in [1.82, 2.24) is 5.32 Å². The summed E-state index contributed by atoms with van der Waals surface area (Å²) >= 11 is 0. The van der Waals surface area contributed by atoms with E-state index in [2.05, 4.69) is 5.32 Å². The lowest BCUT2D eigenvalue weighted by Gasteiger charge is -2.17. The van der Waals surface area contributed by atoms with Gasteiger partial charge in [0.25, 0.3) is 5.91 Å². The van der Waals surface area contributed by atoms with E-state index in [0.29, 0.717) is 22.6 Å². The number of amides is 1. The van der Waals surface area contributed by atoms with Crippen LogP contribution in [0.4, 0.5) is 0 Å². The molecular formula is C31H29N3O6. The molecule has 4 aromatic rings. The second kappa shape index (κ2) is 11.7. The summed E-state index contributed by atoms with van der Waals surface area (Å²) in [7, 11) is 0. The number of carbonyl (C=O) groups excluding carboxylic acids is 3. The molecule has 0 bridgehead atoms. The molecule has 1 heterocycles. The molecule has 0 aliphatic rings. The average Bonchev–Trinajstić information content (AvgIpc) is 3.39. The third kappa shape index (κ3) is 7.44. The molecule has 0 aliphatic heterocycles. The SMILES string of the molecule is CC(C)(C)OC(=O)C=Cc1ccc(C(=O)NCc2ccc(C(=O)Oc3ccc4cc(C(=N)N)ccc4c3)o2)cc1. The van der Waals surface area contributed by atoms with Crippen molar-refractivity contribution >= 4 is 40.5 Å². The Bertz CT molecular complexity index is 1610. The Morgan fingerprint density at radius 2 is 1.60 bits per heavy atom. The molecule has 204 valence electrons. The normalized spacial score (nSPS) is 11.4. The molecule has 0 radical (unpaired) electrons. The molecule has 0 aliphatic carbocycles. The lowest BCUT2D eigenvalue weighted by Crippen LogP contribution is -2.22. The molecule has 0 saturated carbocycles. The fraction of sp³-hybridized carbons (Fsp3) is 0.161. The summed E-state index contributed by atoms with van der Waals surface area (Å²) < 4.78 is 16.2. The van der Waals surface area contributed by atoms with Crippen molar-refractivity contribution in [3.63, 3.8) is 0 Å². The van der Waals surface area contributed by atoms with Crippen LogP contribution in [0.5, 0.6) is 5.75 Å². The molecule has 9 nitrogen and oxygen atoms in total.